The van der Waals surface area contributed by atoms with Crippen LogP contribution in [-0.4, -0.2) is 49.3 Å². The standard InChI is InChI=1S/C45H86NO8P/c1-3-5-7-9-11-13-15-17-19-20-21-22-24-26-28-30-32-34-36-38-45(48)54-43(42-53-55(49,50)52-40-39-46)41-51-44(47)37-35-33-31-29-27-25-23-18-16-14-12-10-8-6-4-2/h11,13,17,19,43H,3-10,12,14-16,18,20-42,46H2,1-2H3,(H,49,50). The highest BCUT2D eigenvalue weighted by molar-refractivity contribution is 7.47. The highest BCUT2D eigenvalue weighted by Gasteiger charge is 2.26. The van der Waals surface area contributed by atoms with Gasteiger partial charge in [0.05, 0.1) is 13.2 Å². The summed E-state index contributed by atoms with van der Waals surface area (Å²) in [5.74, 6) is -0.824. The Labute approximate surface area is 338 Å². The van der Waals surface area contributed by atoms with Gasteiger partial charge >= 0.3 is 19.8 Å². The molecule has 0 rings (SSSR count). The summed E-state index contributed by atoms with van der Waals surface area (Å²) in [6.45, 7) is 3.73. The van der Waals surface area contributed by atoms with E-state index in [4.69, 9.17) is 24.3 Å². The second kappa shape index (κ2) is 42.1. The van der Waals surface area contributed by atoms with Gasteiger partial charge in [-0.05, 0) is 44.9 Å². The van der Waals surface area contributed by atoms with Crippen LogP contribution in [0, 0.1) is 0 Å². The Bertz CT molecular complexity index is 959. The Balaban J connectivity index is 4.10. The number of carbonyl (C=O) groups is 2. The average molecular weight is 800 g/mol. The minimum atomic E-state index is -4.37. The number of ether oxygens (including phenoxy) is 2. The van der Waals surface area contributed by atoms with Gasteiger partial charge in [-0.3, -0.25) is 18.6 Å². The molecule has 2 unspecified atom stereocenters. The summed E-state index contributed by atoms with van der Waals surface area (Å²) >= 11 is 0. The van der Waals surface area contributed by atoms with E-state index < -0.39 is 26.5 Å². The molecule has 0 aromatic heterocycles. The number of esters is 2. The molecule has 0 radical (unpaired) electrons. The number of phosphoric acid groups is 1. The lowest BCUT2D eigenvalue weighted by Gasteiger charge is -2.19. The SMILES string of the molecule is CCCCCC=CCC=CCCCCCCCCCCCC(=O)OC(COC(=O)CCCCCCCCCCCCCCCCC)COP(=O)(O)OCCN. The lowest BCUT2D eigenvalue weighted by molar-refractivity contribution is -0.161. The van der Waals surface area contributed by atoms with Crippen LogP contribution >= 0.6 is 7.82 Å². The first-order valence-corrected chi connectivity index (χ1v) is 24.3. The highest BCUT2D eigenvalue weighted by Crippen LogP contribution is 2.43. The molecular formula is C45H86NO8P. The van der Waals surface area contributed by atoms with Crippen molar-refractivity contribution in [2.45, 2.75) is 225 Å². The normalized spacial score (nSPS) is 13.5. The van der Waals surface area contributed by atoms with Gasteiger partial charge in [0.25, 0.3) is 0 Å². The molecule has 55 heavy (non-hydrogen) atoms. The summed E-state index contributed by atoms with van der Waals surface area (Å²) in [7, 11) is -4.37. The molecule has 0 aromatic carbocycles. The van der Waals surface area contributed by atoms with Crippen molar-refractivity contribution in [2.24, 2.45) is 5.73 Å². The zero-order chi connectivity index (χ0) is 40.3. The molecule has 0 heterocycles. The van der Waals surface area contributed by atoms with Gasteiger partial charge in [-0.1, -0.05) is 186 Å². The van der Waals surface area contributed by atoms with E-state index in [-0.39, 0.29) is 38.6 Å². The van der Waals surface area contributed by atoms with E-state index in [1.807, 2.05) is 0 Å². The van der Waals surface area contributed by atoms with Crippen LogP contribution in [0.25, 0.3) is 0 Å². The van der Waals surface area contributed by atoms with E-state index in [2.05, 4.69) is 38.2 Å². The number of hydrogen-bond acceptors (Lipinski definition) is 8. The monoisotopic (exact) mass is 800 g/mol. The molecule has 0 bridgehead atoms. The van der Waals surface area contributed by atoms with Crippen molar-refractivity contribution in [3.05, 3.63) is 24.3 Å². The van der Waals surface area contributed by atoms with Crippen molar-refractivity contribution in [3.63, 3.8) is 0 Å². The quantitative estimate of drug-likeness (QED) is 0.0267. The van der Waals surface area contributed by atoms with Crippen molar-refractivity contribution < 1.29 is 37.6 Å². The maximum atomic E-state index is 12.6. The van der Waals surface area contributed by atoms with Crippen LogP contribution in [0.15, 0.2) is 24.3 Å². The summed E-state index contributed by atoms with van der Waals surface area (Å²) < 4.78 is 32.8. The molecule has 0 aliphatic carbocycles. The summed E-state index contributed by atoms with van der Waals surface area (Å²) in [5, 5.41) is 0. The first kappa shape index (κ1) is 53.5. The van der Waals surface area contributed by atoms with Crippen molar-refractivity contribution in [1.82, 2.24) is 0 Å². The number of allylic oxidation sites excluding steroid dienone is 4. The molecule has 0 aromatic rings. The van der Waals surface area contributed by atoms with Gasteiger partial charge in [-0.15, -0.1) is 0 Å². The lowest BCUT2D eigenvalue weighted by atomic mass is 10.0. The number of phosphoric ester groups is 1. The fraction of sp³-hybridized carbons (Fsp3) is 0.867. The second-order valence-corrected chi connectivity index (χ2v) is 16.7. The Hall–Kier alpha value is -1.51. The third kappa shape index (κ3) is 41.9. The van der Waals surface area contributed by atoms with Crippen molar-refractivity contribution in [1.29, 1.82) is 0 Å². The molecule has 324 valence electrons. The van der Waals surface area contributed by atoms with E-state index in [0.29, 0.717) is 6.42 Å². The van der Waals surface area contributed by atoms with Gasteiger partial charge in [0.2, 0.25) is 0 Å². The molecule has 10 heteroatoms. The molecule has 3 N–H and O–H groups in total. The van der Waals surface area contributed by atoms with E-state index in [1.165, 1.54) is 135 Å². The van der Waals surface area contributed by atoms with Gasteiger partial charge < -0.3 is 20.1 Å². The van der Waals surface area contributed by atoms with Gasteiger partial charge in [0.15, 0.2) is 6.10 Å². The first-order chi connectivity index (χ1) is 26.8. The van der Waals surface area contributed by atoms with Crippen LogP contribution in [0.1, 0.15) is 219 Å². The zero-order valence-corrected chi connectivity index (χ0v) is 36.6. The first-order valence-electron chi connectivity index (χ1n) is 22.8. The number of nitrogens with two attached hydrogens (primary N) is 1. The van der Waals surface area contributed by atoms with E-state index in [0.717, 1.165) is 51.4 Å². The minimum absolute atomic E-state index is 0.0544. The molecule has 0 saturated carbocycles. The van der Waals surface area contributed by atoms with Crippen LogP contribution in [0.2, 0.25) is 0 Å². The highest BCUT2D eigenvalue weighted by atomic mass is 31.2. The lowest BCUT2D eigenvalue weighted by Crippen LogP contribution is -2.29. The van der Waals surface area contributed by atoms with E-state index in [1.54, 1.807) is 0 Å². The molecule has 0 aliphatic rings. The second-order valence-electron chi connectivity index (χ2n) is 15.3. The predicted octanol–water partition coefficient (Wildman–Crippen LogP) is 13.2. The minimum Gasteiger partial charge on any atom is -0.462 e. The third-order valence-corrected chi connectivity index (χ3v) is 10.8. The smallest absolute Gasteiger partial charge is 0.462 e. The van der Waals surface area contributed by atoms with Crippen LogP contribution < -0.4 is 5.73 Å². The Morgan fingerprint density at radius 2 is 0.945 bits per heavy atom. The maximum absolute atomic E-state index is 12.6. The number of carbonyl (C=O) groups excluding carboxylic acids is 2. The summed E-state index contributed by atoms with van der Waals surface area (Å²) in [4.78, 5) is 34.9. The largest absolute Gasteiger partial charge is 0.472 e. The fourth-order valence-electron chi connectivity index (χ4n) is 6.43. The fourth-order valence-corrected chi connectivity index (χ4v) is 7.20. The van der Waals surface area contributed by atoms with Gasteiger partial charge in [0.1, 0.15) is 6.61 Å². The molecule has 0 spiro atoms. The Morgan fingerprint density at radius 1 is 0.545 bits per heavy atom. The van der Waals surface area contributed by atoms with Crippen LogP contribution in [0.4, 0.5) is 0 Å². The third-order valence-electron chi connectivity index (χ3n) is 9.84. The Morgan fingerprint density at radius 3 is 1.42 bits per heavy atom. The Kier molecular flexibility index (Phi) is 40.9. The zero-order valence-electron chi connectivity index (χ0n) is 35.7. The number of rotatable bonds is 43. The summed E-state index contributed by atoms with van der Waals surface area (Å²) in [5.41, 5.74) is 5.35. The molecular weight excluding hydrogens is 713 g/mol. The molecule has 0 fully saturated rings. The van der Waals surface area contributed by atoms with Gasteiger partial charge in [0, 0.05) is 19.4 Å². The predicted molar refractivity (Wildman–Crippen MR) is 229 cm³/mol. The molecule has 2 atom stereocenters. The summed E-state index contributed by atoms with van der Waals surface area (Å²) in [6, 6.07) is 0. The van der Waals surface area contributed by atoms with Gasteiger partial charge in [-0.2, -0.15) is 0 Å². The maximum Gasteiger partial charge on any atom is 0.472 e. The molecule has 9 nitrogen and oxygen atoms in total. The number of hydrogen-bond donors (Lipinski definition) is 2. The van der Waals surface area contributed by atoms with Crippen molar-refractivity contribution in [3.8, 4) is 0 Å². The topological polar surface area (TPSA) is 134 Å². The van der Waals surface area contributed by atoms with Crippen molar-refractivity contribution >= 4 is 19.8 Å². The van der Waals surface area contributed by atoms with Crippen LogP contribution in [0.5, 0.6) is 0 Å². The average Bonchev–Trinajstić information content (AvgIpc) is 3.17. The van der Waals surface area contributed by atoms with Crippen molar-refractivity contribution in [2.75, 3.05) is 26.4 Å². The molecule has 0 amide bonds. The summed E-state index contributed by atoms with van der Waals surface area (Å²) in [6.07, 6.45) is 44.9. The molecule has 0 aliphatic heterocycles. The van der Waals surface area contributed by atoms with Crippen LogP contribution in [-0.2, 0) is 32.7 Å². The van der Waals surface area contributed by atoms with E-state index >= 15 is 0 Å². The molecule has 0 saturated heterocycles. The van der Waals surface area contributed by atoms with E-state index in [9.17, 15) is 19.0 Å². The number of unbranched alkanes of at least 4 members (excludes halogenated alkanes) is 26. The van der Waals surface area contributed by atoms with Gasteiger partial charge in [-0.25, -0.2) is 4.57 Å². The van der Waals surface area contributed by atoms with Crippen LogP contribution in [0.3, 0.4) is 0 Å².